The summed E-state index contributed by atoms with van der Waals surface area (Å²) in [4.78, 5) is 23.5. The second kappa shape index (κ2) is 6.80. The zero-order chi connectivity index (χ0) is 19.8. The maximum atomic E-state index is 15.1. The molecule has 0 spiro atoms. The molecule has 0 bridgehead atoms. The fraction of sp³-hybridized carbons (Fsp3) is 0.150. The van der Waals surface area contributed by atoms with Crippen molar-refractivity contribution in [2.24, 2.45) is 0 Å². The summed E-state index contributed by atoms with van der Waals surface area (Å²) in [5.74, 6) is -1.40. The molecule has 8 heteroatoms. The van der Waals surface area contributed by atoms with Crippen LogP contribution in [0, 0.1) is 11.2 Å². The molecule has 1 saturated heterocycles. The van der Waals surface area contributed by atoms with Crippen LogP contribution in [0.1, 0.15) is 24.2 Å². The van der Waals surface area contributed by atoms with Crippen molar-refractivity contribution in [3.63, 3.8) is 0 Å². The molecule has 142 valence electrons. The standard InChI is InChI=1S/C20H17FN4O3/c21-18-12(25-20(27)13-7-8-16(26)24-13)6-5-11(22)17(18)19(23)15-9-10-3-1-2-4-14(10)28-15/h1-6,9,13,23H,7-8,22H2,(H,24,26)(H,25,27)/t13-/m0/s1. The Kier molecular flexibility index (Phi) is 4.31. The van der Waals surface area contributed by atoms with Gasteiger partial charge < -0.3 is 20.8 Å². The maximum Gasteiger partial charge on any atom is 0.247 e. The van der Waals surface area contributed by atoms with Gasteiger partial charge in [-0.15, -0.1) is 0 Å². The van der Waals surface area contributed by atoms with E-state index in [2.05, 4.69) is 10.6 Å². The first-order valence-electron chi connectivity index (χ1n) is 8.70. The molecule has 7 nitrogen and oxygen atoms in total. The fourth-order valence-electron chi connectivity index (χ4n) is 3.20. The predicted molar refractivity (Wildman–Crippen MR) is 103 cm³/mol. The minimum atomic E-state index is -0.830. The van der Waals surface area contributed by atoms with Gasteiger partial charge in [-0.1, -0.05) is 18.2 Å². The Hall–Kier alpha value is -3.68. The summed E-state index contributed by atoms with van der Waals surface area (Å²) in [5, 5.41) is 14.1. The van der Waals surface area contributed by atoms with E-state index in [1.165, 1.54) is 12.1 Å². The summed E-state index contributed by atoms with van der Waals surface area (Å²) in [7, 11) is 0. The second-order valence-corrected chi connectivity index (χ2v) is 6.56. The Morgan fingerprint density at radius 2 is 2.07 bits per heavy atom. The van der Waals surface area contributed by atoms with Crippen LogP contribution in [0.5, 0.6) is 0 Å². The fourth-order valence-corrected chi connectivity index (χ4v) is 3.20. The highest BCUT2D eigenvalue weighted by atomic mass is 19.1. The van der Waals surface area contributed by atoms with Gasteiger partial charge in [0.1, 0.15) is 17.3 Å². The van der Waals surface area contributed by atoms with Crippen molar-refractivity contribution in [3.8, 4) is 0 Å². The van der Waals surface area contributed by atoms with E-state index in [-0.39, 0.29) is 40.7 Å². The van der Waals surface area contributed by atoms with E-state index in [1.807, 2.05) is 12.1 Å². The van der Waals surface area contributed by atoms with Gasteiger partial charge in [0.15, 0.2) is 11.6 Å². The van der Waals surface area contributed by atoms with Crippen LogP contribution in [0.4, 0.5) is 15.8 Å². The molecule has 2 aromatic carbocycles. The van der Waals surface area contributed by atoms with E-state index < -0.39 is 17.8 Å². The van der Waals surface area contributed by atoms with Crippen molar-refractivity contribution in [1.82, 2.24) is 5.32 Å². The number of carbonyl (C=O) groups excluding carboxylic acids is 2. The lowest BCUT2D eigenvalue weighted by Crippen LogP contribution is -2.37. The monoisotopic (exact) mass is 380 g/mol. The van der Waals surface area contributed by atoms with Gasteiger partial charge in [0, 0.05) is 17.5 Å². The summed E-state index contributed by atoms with van der Waals surface area (Å²) in [6.45, 7) is 0. The highest BCUT2D eigenvalue weighted by Crippen LogP contribution is 2.29. The Balaban J connectivity index is 1.65. The first-order chi connectivity index (χ1) is 13.4. The van der Waals surface area contributed by atoms with Gasteiger partial charge in [0.25, 0.3) is 0 Å². The maximum absolute atomic E-state index is 15.1. The number of carbonyl (C=O) groups is 2. The van der Waals surface area contributed by atoms with Gasteiger partial charge in [-0.05, 0) is 30.7 Å². The number of halogens is 1. The van der Waals surface area contributed by atoms with Gasteiger partial charge in [0.2, 0.25) is 11.8 Å². The van der Waals surface area contributed by atoms with E-state index >= 15 is 4.39 Å². The van der Waals surface area contributed by atoms with Crippen LogP contribution in [0.15, 0.2) is 46.9 Å². The summed E-state index contributed by atoms with van der Waals surface area (Å²) in [6, 6.07) is 10.9. The average Bonchev–Trinajstić information content (AvgIpc) is 3.30. The highest BCUT2D eigenvalue weighted by molar-refractivity contribution is 6.14. The van der Waals surface area contributed by atoms with Gasteiger partial charge in [0.05, 0.1) is 11.3 Å². The van der Waals surface area contributed by atoms with Gasteiger partial charge in [-0.25, -0.2) is 4.39 Å². The third-order valence-corrected chi connectivity index (χ3v) is 4.67. The molecule has 2 amide bonds. The number of hydrogen-bond donors (Lipinski definition) is 4. The van der Waals surface area contributed by atoms with E-state index in [1.54, 1.807) is 18.2 Å². The van der Waals surface area contributed by atoms with Crippen LogP contribution >= 0.6 is 0 Å². The number of benzene rings is 2. The number of nitrogen functional groups attached to an aromatic ring is 1. The molecule has 2 heterocycles. The molecule has 1 aromatic heterocycles. The number of furan rings is 1. The molecule has 1 aliphatic heterocycles. The lowest BCUT2D eigenvalue weighted by molar-refractivity contribution is -0.122. The number of nitrogens with two attached hydrogens (primary N) is 1. The van der Waals surface area contributed by atoms with Crippen molar-refractivity contribution in [1.29, 1.82) is 5.41 Å². The molecule has 0 unspecified atom stereocenters. The summed E-state index contributed by atoms with van der Waals surface area (Å²) in [6.07, 6.45) is 0.604. The number of para-hydroxylation sites is 1. The molecule has 1 aliphatic rings. The number of hydrogen-bond acceptors (Lipinski definition) is 5. The Bertz CT molecular complexity index is 1090. The Labute approximate surface area is 159 Å². The smallest absolute Gasteiger partial charge is 0.247 e. The number of anilines is 2. The van der Waals surface area contributed by atoms with E-state index in [4.69, 9.17) is 15.6 Å². The minimum absolute atomic E-state index is 0.0510. The van der Waals surface area contributed by atoms with E-state index in [0.717, 1.165) is 5.39 Å². The summed E-state index contributed by atoms with van der Waals surface area (Å²) in [5.41, 5.74) is 6.02. The number of fused-ring (bicyclic) bond motifs is 1. The molecular weight excluding hydrogens is 363 g/mol. The third-order valence-electron chi connectivity index (χ3n) is 4.67. The second-order valence-electron chi connectivity index (χ2n) is 6.56. The molecule has 0 saturated carbocycles. The number of nitrogens with one attached hydrogen (secondary N) is 3. The molecule has 28 heavy (non-hydrogen) atoms. The first-order valence-corrected chi connectivity index (χ1v) is 8.70. The largest absolute Gasteiger partial charge is 0.454 e. The lowest BCUT2D eigenvalue weighted by Gasteiger charge is -2.14. The van der Waals surface area contributed by atoms with Crippen LogP contribution in [-0.4, -0.2) is 23.6 Å². The van der Waals surface area contributed by atoms with Gasteiger partial charge >= 0.3 is 0 Å². The Morgan fingerprint density at radius 1 is 1.29 bits per heavy atom. The summed E-state index contributed by atoms with van der Waals surface area (Å²) < 4.78 is 20.7. The van der Waals surface area contributed by atoms with Crippen molar-refractivity contribution in [2.45, 2.75) is 18.9 Å². The zero-order valence-corrected chi connectivity index (χ0v) is 14.7. The van der Waals surface area contributed by atoms with Crippen LogP contribution in [0.3, 0.4) is 0 Å². The van der Waals surface area contributed by atoms with Crippen LogP contribution in [0.2, 0.25) is 0 Å². The van der Waals surface area contributed by atoms with Crippen LogP contribution in [-0.2, 0) is 9.59 Å². The zero-order valence-electron chi connectivity index (χ0n) is 14.7. The van der Waals surface area contributed by atoms with Crippen molar-refractivity contribution < 1.29 is 18.4 Å². The van der Waals surface area contributed by atoms with Crippen molar-refractivity contribution >= 4 is 39.9 Å². The van der Waals surface area contributed by atoms with E-state index in [9.17, 15) is 9.59 Å². The molecular formula is C20H17FN4O3. The number of amides is 2. The highest BCUT2D eigenvalue weighted by Gasteiger charge is 2.28. The molecule has 5 N–H and O–H groups in total. The topological polar surface area (TPSA) is 121 Å². The SMILES string of the molecule is N=C(c1cc2ccccc2o1)c1c(N)ccc(NC(=O)[C@@H]2CCC(=O)N2)c1F. The van der Waals surface area contributed by atoms with Gasteiger partial charge in [-0.2, -0.15) is 0 Å². The van der Waals surface area contributed by atoms with E-state index in [0.29, 0.717) is 12.0 Å². The minimum Gasteiger partial charge on any atom is -0.454 e. The summed E-state index contributed by atoms with van der Waals surface area (Å²) >= 11 is 0. The molecule has 1 fully saturated rings. The quantitative estimate of drug-likeness (QED) is 0.411. The van der Waals surface area contributed by atoms with Crippen LogP contribution in [0.25, 0.3) is 11.0 Å². The molecule has 0 radical (unpaired) electrons. The number of rotatable bonds is 4. The lowest BCUT2D eigenvalue weighted by atomic mass is 10.0. The van der Waals surface area contributed by atoms with Crippen molar-refractivity contribution in [2.75, 3.05) is 11.1 Å². The normalized spacial score (nSPS) is 16.2. The molecule has 4 rings (SSSR count). The van der Waals surface area contributed by atoms with Gasteiger partial charge in [-0.3, -0.25) is 15.0 Å². The molecule has 0 aliphatic carbocycles. The van der Waals surface area contributed by atoms with Crippen molar-refractivity contribution in [3.05, 3.63) is 59.6 Å². The first kappa shape index (κ1) is 17.7. The average molecular weight is 380 g/mol. The molecule has 1 atom stereocenters. The Morgan fingerprint density at radius 3 is 2.79 bits per heavy atom. The predicted octanol–water partition coefficient (Wildman–Crippen LogP) is 2.79. The third kappa shape index (κ3) is 3.09. The molecule has 3 aromatic rings. The van der Waals surface area contributed by atoms with Crippen LogP contribution < -0.4 is 16.4 Å².